The van der Waals surface area contributed by atoms with E-state index in [4.69, 9.17) is 15.2 Å². The zero-order chi connectivity index (χ0) is 12.8. The Bertz CT molecular complexity index is 470. The summed E-state index contributed by atoms with van der Waals surface area (Å²) in [4.78, 5) is 0. The molecule has 0 bridgehead atoms. The van der Waals surface area contributed by atoms with Gasteiger partial charge in [-0.1, -0.05) is 19.9 Å². The molecule has 1 aromatic carbocycles. The highest BCUT2D eigenvalue weighted by Gasteiger charge is 2.41. The second-order valence-electron chi connectivity index (χ2n) is 6.36. The minimum atomic E-state index is -0.209. The van der Waals surface area contributed by atoms with Gasteiger partial charge in [-0.2, -0.15) is 0 Å². The Kier molecular flexibility index (Phi) is 2.56. The molecule has 0 spiro atoms. The molecule has 18 heavy (non-hydrogen) atoms. The van der Waals surface area contributed by atoms with Crippen LogP contribution >= 0.6 is 0 Å². The summed E-state index contributed by atoms with van der Waals surface area (Å²) in [5.41, 5.74) is 7.90. The fourth-order valence-corrected chi connectivity index (χ4v) is 3.19. The number of benzene rings is 1. The van der Waals surface area contributed by atoms with Gasteiger partial charge in [0.1, 0.15) is 13.2 Å². The quantitative estimate of drug-likeness (QED) is 0.830. The van der Waals surface area contributed by atoms with Crippen LogP contribution in [0.15, 0.2) is 18.2 Å². The van der Waals surface area contributed by atoms with E-state index in [-0.39, 0.29) is 5.54 Å². The fraction of sp³-hybridized carbons (Fsp3) is 0.600. The summed E-state index contributed by atoms with van der Waals surface area (Å²) in [6.07, 6.45) is 3.25. The van der Waals surface area contributed by atoms with Gasteiger partial charge < -0.3 is 15.2 Å². The monoisotopic (exact) mass is 247 g/mol. The molecule has 3 nitrogen and oxygen atoms in total. The van der Waals surface area contributed by atoms with Crippen molar-refractivity contribution in [3.05, 3.63) is 23.8 Å². The lowest BCUT2D eigenvalue weighted by Gasteiger charge is -2.28. The lowest BCUT2D eigenvalue weighted by Crippen LogP contribution is -2.34. The third-order valence-corrected chi connectivity index (χ3v) is 4.16. The molecular formula is C15H21NO2. The van der Waals surface area contributed by atoms with Crippen molar-refractivity contribution < 1.29 is 9.47 Å². The molecule has 0 saturated heterocycles. The van der Waals surface area contributed by atoms with Crippen LogP contribution in [0.25, 0.3) is 0 Å². The number of nitrogens with two attached hydrogens (primary N) is 1. The molecule has 1 atom stereocenters. The van der Waals surface area contributed by atoms with Crippen LogP contribution in [0.4, 0.5) is 0 Å². The molecule has 0 aromatic heterocycles. The molecule has 2 aliphatic rings. The largest absolute Gasteiger partial charge is 0.486 e. The first-order valence-electron chi connectivity index (χ1n) is 6.68. The predicted octanol–water partition coefficient (Wildman–Crippen LogP) is 2.82. The van der Waals surface area contributed by atoms with E-state index in [1.807, 2.05) is 6.07 Å². The fourth-order valence-electron chi connectivity index (χ4n) is 3.19. The van der Waals surface area contributed by atoms with E-state index < -0.39 is 0 Å². The number of hydrogen-bond donors (Lipinski definition) is 1. The molecule has 98 valence electrons. The van der Waals surface area contributed by atoms with Crippen molar-refractivity contribution in [2.75, 3.05) is 13.2 Å². The molecule has 3 rings (SSSR count). The highest BCUT2D eigenvalue weighted by atomic mass is 16.6. The summed E-state index contributed by atoms with van der Waals surface area (Å²) in [5.74, 6) is 1.68. The lowest BCUT2D eigenvalue weighted by molar-refractivity contribution is 0.171. The molecule has 2 N–H and O–H groups in total. The molecule has 1 fully saturated rings. The van der Waals surface area contributed by atoms with Crippen molar-refractivity contribution in [2.24, 2.45) is 11.1 Å². The zero-order valence-corrected chi connectivity index (χ0v) is 11.2. The summed E-state index contributed by atoms with van der Waals surface area (Å²) in [7, 11) is 0. The SMILES string of the molecule is CC1(C)CCC(N)(c2ccc3c(c2)OCCO3)C1. The molecular weight excluding hydrogens is 226 g/mol. The van der Waals surface area contributed by atoms with Crippen molar-refractivity contribution in [3.63, 3.8) is 0 Å². The molecule has 1 aliphatic heterocycles. The minimum Gasteiger partial charge on any atom is -0.486 e. The van der Waals surface area contributed by atoms with E-state index in [1.54, 1.807) is 0 Å². The van der Waals surface area contributed by atoms with Crippen LogP contribution in [-0.4, -0.2) is 13.2 Å². The van der Waals surface area contributed by atoms with Gasteiger partial charge in [-0.3, -0.25) is 0 Å². The average molecular weight is 247 g/mol. The van der Waals surface area contributed by atoms with Crippen LogP contribution in [0.5, 0.6) is 11.5 Å². The van der Waals surface area contributed by atoms with Gasteiger partial charge in [0.25, 0.3) is 0 Å². The molecule has 1 aromatic rings. The highest BCUT2D eigenvalue weighted by Crippen LogP contribution is 2.48. The normalized spacial score (nSPS) is 29.3. The van der Waals surface area contributed by atoms with Gasteiger partial charge in [-0.25, -0.2) is 0 Å². The highest BCUT2D eigenvalue weighted by molar-refractivity contribution is 5.46. The Morgan fingerprint density at radius 2 is 1.78 bits per heavy atom. The zero-order valence-electron chi connectivity index (χ0n) is 11.2. The van der Waals surface area contributed by atoms with Crippen LogP contribution in [0, 0.1) is 5.41 Å². The van der Waals surface area contributed by atoms with E-state index >= 15 is 0 Å². The van der Waals surface area contributed by atoms with E-state index in [0.717, 1.165) is 24.3 Å². The first-order valence-corrected chi connectivity index (χ1v) is 6.68. The number of fused-ring (bicyclic) bond motifs is 1. The van der Waals surface area contributed by atoms with Crippen LogP contribution in [0.3, 0.4) is 0 Å². The second kappa shape index (κ2) is 3.89. The van der Waals surface area contributed by atoms with Crippen LogP contribution in [0.2, 0.25) is 0 Å². The van der Waals surface area contributed by atoms with Crippen LogP contribution in [0.1, 0.15) is 38.7 Å². The van der Waals surface area contributed by atoms with Gasteiger partial charge in [0.2, 0.25) is 0 Å². The van der Waals surface area contributed by atoms with E-state index in [1.165, 1.54) is 12.0 Å². The molecule has 0 amide bonds. The standard InChI is InChI=1S/C15H21NO2/c1-14(2)5-6-15(16,10-14)11-3-4-12-13(9-11)18-8-7-17-12/h3-4,9H,5-8,10,16H2,1-2H3. The molecule has 1 unspecified atom stereocenters. The maximum absolute atomic E-state index is 6.59. The Labute approximate surface area is 108 Å². The number of rotatable bonds is 1. The third kappa shape index (κ3) is 1.97. The van der Waals surface area contributed by atoms with Gasteiger partial charge in [0.05, 0.1) is 0 Å². The van der Waals surface area contributed by atoms with E-state index in [2.05, 4.69) is 26.0 Å². The van der Waals surface area contributed by atoms with Crippen molar-refractivity contribution in [3.8, 4) is 11.5 Å². The minimum absolute atomic E-state index is 0.209. The van der Waals surface area contributed by atoms with Gasteiger partial charge in [0.15, 0.2) is 11.5 Å². The first kappa shape index (κ1) is 11.8. The summed E-state index contributed by atoms with van der Waals surface area (Å²) in [6, 6.07) is 6.15. The van der Waals surface area contributed by atoms with Gasteiger partial charge in [0, 0.05) is 5.54 Å². The molecule has 0 radical (unpaired) electrons. The Balaban J connectivity index is 1.93. The Morgan fingerprint density at radius 1 is 1.06 bits per heavy atom. The number of ether oxygens (including phenoxy) is 2. The van der Waals surface area contributed by atoms with E-state index in [9.17, 15) is 0 Å². The van der Waals surface area contributed by atoms with Gasteiger partial charge in [-0.05, 0) is 42.4 Å². The lowest BCUT2D eigenvalue weighted by atomic mass is 9.84. The van der Waals surface area contributed by atoms with Crippen LogP contribution in [-0.2, 0) is 5.54 Å². The van der Waals surface area contributed by atoms with Crippen molar-refractivity contribution in [1.82, 2.24) is 0 Å². The summed E-state index contributed by atoms with van der Waals surface area (Å²) >= 11 is 0. The van der Waals surface area contributed by atoms with E-state index in [0.29, 0.717) is 18.6 Å². The average Bonchev–Trinajstić information content (AvgIpc) is 2.64. The Hall–Kier alpha value is -1.22. The summed E-state index contributed by atoms with van der Waals surface area (Å²) in [5, 5.41) is 0. The molecule has 1 saturated carbocycles. The third-order valence-electron chi connectivity index (χ3n) is 4.16. The maximum atomic E-state index is 6.59. The van der Waals surface area contributed by atoms with Crippen molar-refractivity contribution in [2.45, 2.75) is 38.6 Å². The number of hydrogen-bond acceptors (Lipinski definition) is 3. The second-order valence-corrected chi connectivity index (χ2v) is 6.36. The Morgan fingerprint density at radius 3 is 2.44 bits per heavy atom. The predicted molar refractivity (Wildman–Crippen MR) is 70.9 cm³/mol. The van der Waals surface area contributed by atoms with Gasteiger partial charge in [-0.15, -0.1) is 0 Å². The topological polar surface area (TPSA) is 44.5 Å². The summed E-state index contributed by atoms with van der Waals surface area (Å²) in [6.45, 7) is 5.84. The van der Waals surface area contributed by atoms with Crippen LogP contribution < -0.4 is 15.2 Å². The molecule has 3 heteroatoms. The molecule has 1 heterocycles. The van der Waals surface area contributed by atoms with Crippen molar-refractivity contribution >= 4 is 0 Å². The first-order chi connectivity index (χ1) is 8.49. The van der Waals surface area contributed by atoms with Crippen molar-refractivity contribution in [1.29, 1.82) is 0 Å². The maximum Gasteiger partial charge on any atom is 0.161 e. The summed E-state index contributed by atoms with van der Waals surface area (Å²) < 4.78 is 11.2. The smallest absolute Gasteiger partial charge is 0.161 e. The van der Waals surface area contributed by atoms with Gasteiger partial charge >= 0.3 is 0 Å². The molecule has 1 aliphatic carbocycles.